The van der Waals surface area contributed by atoms with Crippen LogP contribution in [0.25, 0.3) is 6.08 Å². The number of methoxy groups -OCH3 is 2. The Bertz CT molecular complexity index is 912. The summed E-state index contributed by atoms with van der Waals surface area (Å²) in [6, 6.07) is 8.14. The van der Waals surface area contributed by atoms with Gasteiger partial charge in [-0.05, 0) is 37.6 Å². The van der Waals surface area contributed by atoms with Crippen molar-refractivity contribution in [3.05, 3.63) is 53.1 Å². The van der Waals surface area contributed by atoms with Crippen molar-refractivity contribution < 1.29 is 29.2 Å². The van der Waals surface area contributed by atoms with Crippen LogP contribution in [0.2, 0.25) is 0 Å². The monoisotopic (exact) mass is 384 g/mol. The third kappa shape index (κ3) is 3.68. The van der Waals surface area contributed by atoms with Gasteiger partial charge in [0.25, 0.3) is 0 Å². The lowest BCUT2D eigenvalue weighted by molar-refractivity contribution is -0.0421. The number of carbonyl (C=O) groups is 1. The van der Waals surface area contributed by atoms with Gasteiger partial charge in [0, 0.05) is 18.1 Å². The Morgan fingerprint density at radius 3 is 2.43 bits per heavy atom. The lowest BCUT2D eigenvalue weighted by Gasteiger charge is -2.38. The van der Waals surface area contributed by atoms with Crippen LogP contribution in [0.1, 0.15) is 35.3 Å². The highest BCUT2D eigenvalue weighted by Gasteiger charge is 2.40. The lowest BCUT2D eigenvalue weighted by atomic mass is 9.88. The van der Waals surface area contributed by atoms with Crippen LogP contribution in [-0.2, 0) is 6.42 Å². The van der Waals surface area contributed by atoms with Crippen LogP contribution in [0.3, 0.4) is 0 Å². The summed E-state index contributed by atoms with van der Waals surface area (Å²) >= 11 is 0. The maximum absolute atomic E-state index is 13.0. The number of hydrogen-bond acceptors (Lipinski definition) is 6. The van der Waals surface area contributed by atoms with E-state index in [0.29, 0.717) is 29.2 Å². The molecule has 2 aromatic rings. The van der Waals surface area contributed by atoms with E-state index in [-0.39, 0.29) is 17.1 Å². The summed E-state index contributed by atoms with van der Waals surface area (Å²) in [5, 5.41) is 19.8. The lowest BCUT2D eigenvalue weighted by Crippen LogP contribution is -2.46. The number of ether oxygens (including phenoxy) is 3. The Balaban J connectivity index is 2.07. The normalized spacial score (nSPS) is 17.7. The van der Waals surface area contributed by atoms with Gasteiger partial charge in [0.05, 0.1) is 20.3 Å². The van der Waals surface area contributed by atoms with Gasteiger partial charge < -0.3 is 24.4 Å². The number of allylic oxidation sites excluding steroid dienone is 1. The molecular formula is C22H24O6. The molecule has 0 fully saturated rings. The zero-order valence-corrected chi connectivity index (χ0v) is 16.4. The first-order valence-electron chi connectivity index (χ1n) is 8.93. The second-order valence-electron chi connectivity index (χ2n) is 7.18. The minimum absolute atomic E-state index is 0.156. The first-order valence-corrected chi connectivity index (χ1v) is 8.93. The van der Waals surface area contributed by atoms with Crippen molar-refractivity contribution in [2.75, 3.05) is 14.2 Å². The van der Waals surface area contributed by atoms with Gasteiger partial charge in [-0.25, -0.2) is 0 Å². The van der Waals surface area contributed by atoms with E-state index >= 15 is 0 Å². The number of aromatic hydroxyl groups is 1. The summed E-state index contributed by atoms with van der Waals surface area (Å²) in [4.78, 5) is 13.0. The molecule has 6 heteroatoms. The summed E-state index contributed by atoms with van der Waals surface area (Å²) in [6.45, 7) is 3.54. The average molecular weight is 384 g/mol. The molecule has 0 bridgehead atoms. The van der Waals surface area contributed by atoms with Gasteiger partial charge in [0.15, 0.2) is 5.78 Å². The number of fused-ring (bicyclic) bond motifs is 1. The maximum atomic E-state index is 13.0. The Morgan fingerprint density at radius 1 is 1.18 bits per heavy atom. The molecule has 0 saturated carbocycles. The Labute approximate surface area is 164 Å². The fraction of sp³-hybridized carbons (Fsp3) is 0.318. The van der Waals surface area contributed by atoms with E-state index in [1.165, 1.54) is 20.3 Å². The number of carbonyl (C=O) groups excluding carboxylic acids is 1. The molecule has 0 aromatic heterocycles. The fourth-order valence-electron chi connectivity index (χ4n) is 3.15. The van der Waals surface area contributed by atoms with Gasteiger partial charge in [-0.15, -0.1) is 0 Å². The van der Waals surface area contributed by atoms with E-state index in [1.54, 1.807) is 50.3 Å². The molecule has 28 heavy (non-hydrogen) atoms. The van der Waals surface area contributed by atoms with Crippen LogP contribution < -0.4 is 14.2 Å². The van der Waals surface area contributed by atoms with Crippen molar-refractivity contribution in [2.45, 2.75) is 32.0 Å². The first-order chi connectivity index (χ1) is 13.3. The summed E-state index contributed by atoms with van der Waals surface area (Å²) in [6.07, 6.45) is 2.65. The third-order valence-corrected chi connectivity index (χ3v) is 4.88. The molecule has 148 valence electrons. The summed E-state index contributed by atoms with van der Waals surface area (Å²) in [5.41, 5.74) is 0.828. The highest BCUT2D eigenvalue weighted by atomic mass is 16.5. The van der Waals surface area contributed by atoms with E-state index in [1.807, 2.05) is 0 Å². The average Bonchev–Trinajstić information content (AvgIpc) is 2.67. The minimum Gasteiger partial charge on any atom is -0.508 e. The van der Waals surface area contributed by atoms with E-state index in [4.69, 9.17) is 14.2 Å². The summed E-state index contributed by atoms with van der Waals surface area (Å²) in [5.74, 6) is 1.06. The number of ketones is 1. The van der Waals surface area contributed by atoms with Crippen molar-refractivity contribution in [1.29, 1.82) is 0 Å². The molecule has 3 rings (SSSR count). The fourth-order valence-corrected chi connectivity index (χ4v) is 3.15. The molecule has 2 aromatic carbocycles. The Hall–Kier alpha value is -2.99. The molecular weight excluding hydrogens is 360 g/mol. The SMILES string of the molecule is COc1cc(OC)c(C(=O)/C=C/c2ccc(O)cc2)c2c1CC(O)C(C)(C)O2. The Kier molecular flexibility index (Phi) is 5.34. The van der Waals surface area contributed by atoms with Gasteiger partial charge in [-0.2, -0.15) is 0 Å². The third-order valence-electron chi connectivity index (χ3n) is 4.88. The number of hydrogen-bond donors (Lipinski definition) is 2. The zero-order valence-electron chi connectivity index (χ0n) is 16.4. The molecule has 0 aliphatic carbocycles. The van der Waals surface area contributed by atoms with Crippen molar-refractivity contribution in [2.24, 2.45) is 0 Å². The van der Waals surface area contributed by atoms with Crippen LogP contribution in [0, 0.1) is 0 Å². The number of phenols is 1. The van der Waals surface area contributed by atoms with Crippen LogP contribution in [-0.4, -0.2) is 41.9 Å². The molecule has 1 heterocycles. The summed E-state index contributed by atoms with van der Waals surface area (Å²) in [7, 11) is 3.00. The molecule has 2 N–H and O–H groups in total. The second-order valence-corrected chi connectivity index (χ2v) is 7.18. The predicted octanol–water partition coefficient (Wildman–Crippen LogP) is 3.38. The molecule has 0 spiro atoms. The number of benzene rings is 2. The van der Waals surface area contributed by atoms with Gasteiger partial charge in [-0.3, -0.25) is 4.79 Å². The highest BCUT2D eigenvalue weighted by Crippen LogP contribution is 2.45. The van der Waals surface area contributed by atoms with Gasteiger partial charge in [0.2, 0.25) is 0 Å². The van der Waals surface area contributed by atoms with Crippen molar-refractivity contribution in [1.82, 2.24) is 0 Å². The van der Waals surface area contributed by atoms with Crippen LogP contribution in [0.15, 0.2) is 36.4 Å². The van der Waals surface area contributed by atoms with E-state index in [9.17, 15) is 15.0 Å². The molecule has 1 unspecified atom stereocenters. The van der Waals surface area contributed by atoms with Gasteiger partial charge in [-0.1, -0.05) is 18.2 Å². The van der Waals surface area contributed by atoms with E-state index < -0.39 is 11.7 Å². The molecule has 0 saturated heterocycles. The number of aliphatic hydroxyl groups is 1. The van der Waals surface area contributed by atoms with Crippen LogP contribution in [0.4, 0.5) is 0 Å². The predicted molar refractivity (Wildman–Crippen MR) is 105 cm³/mol. The van der Waals surface area contributed by atoms with Crippen molar-refractivity contribution in [3.63, 3.8) is 0 Å². The smallest absolute Gasteiger partial charge is 0.193 e. The topological polar surface area (TPSA) is 85.2 Å². The highest BCUT2D eigenvalue weighted by molar-refractivity contribution is 6.11. The first kappa shape index (κ1) is 19.8. The standard InChI is InChI=1S/C22H24O6/c1-22(2)19(25)11-15-17(26-3)12-18(27-4)20(21(15)28-22)16(24)10-7-13-5-8-14(23)9-6-13/h5-10,12,19,23,25H,11H2,1-4H3/b10-7+. The largest absolute Gasteiger partial charge is 0.508 e. The zero-order chi connectivity index (χ0) is 20.5. The molecule has 0 radical (unpaired) electrons. The molecule has 0 amide bonds. The van der Waals surface area contributed by atoms with E-state index in [0.717, 1.165) is 5.56 Å². The number of aliphatic hydroxyl groups excluding tert-OH is 1. The quantitative estimate of drug-likeness (QED) is 0.607. The van der Waals surface area contributed by atoms with Crippen molar-refractivity contribution >= 4 is 11.9 Å². The van der Waals surface area contributed by atoms with Gasteiger partial charge in [0.1, 0.15) is 34.2 Å². The van der Waals surface area contributed by atoms with E-state index in [2.05, 4.69) is 0 Å². The maximum Gasteiger partial charge on any atom is 0.193 e. The van der Waals surface area contributed by atoms with Crippen LogP contribution in [0.5, 0.6) is 23.0 Å². The number of phenolic OH excluding ortho intramolecular Hbond substituents is 1. The van der Waals surface area contributed by atoms with Crippen LogP contribution >= 0.6 is 0 Å². The van der Waals surface area contributed by atoms with Gasteiger partial charge >= 0.3 is 0 Å². The molecule has 1 aliphatic heterocycles. The Morgan fingerprint density at radius 2 is 1.82 bits per heavy atom. The van der Waals surface area contributed by atoms with Crippen molar-refractivity contribution in [3.8, 4) is 23.0 Å². The molecule has 1 aliphatic rings. The summed E-state index contributed by atoms with van der Waals surface area (Å²) < 4.78 is 16.9. The second kappa shape index (κ2) is 7.56. The minimum atomic E-state index is -0.861. The molecule has 6 nitrogen and oxygen atoms in total. The molecule has 1 atom stereocenters. The number of rotatable bonds is 5.